The van der Waals surface area contributed by atoms with E-state index in [1.54, 1.807) is 17.7 Å². The molecule has 1 fully saturated rings. The van der Waals surface area contributed by atoms with Crippen molar-refractivity contribution in [3.63, 3.8) is 0 Å². The maximum Gasteiger partial charge on any atom is 0.336 e. The number of hydrogen-bond acceptors (Lipinski definition) is 4. The van der Waals surface area contributed by atoms with E-state index in [0.717, 1.165) is 59.7 Å². The Balaban J connectivity index is 0.000000163. The van der Waals surface area contributed by atoms with E-state index in [1.165, 1.54) is 36.5 Å². The molecular weight excluding hydrogens is 561 g/mol. The minimum atomic E-state index is -0.883. The molecule has 0 aliphatic carbocycles. The zero-order valence-corrected chi connectivity index (χ0v) is 25.6. The topological polar surface area (TPSA) is 47.0 Å². The van der Waals surface area contributed by atoms with Crippen LogP contribution in [0.3, 0.4) is 0 Å². The molecule has 1 N–H and O–H groups in total. The average molecular weight is 600 g/mol. The third kappa shape index (κ3) is 5.78. The van der Waals surface area contributed by atoms with E-state index in [2.05, 4.69) is 52.1 Å². The number of carbonyl (C=O) groups is 1. The van der Waals surface area contributed by atoms with E-state index < -0.39 is 5.97 Å². The molecule has 0 aromatic heterocycles. The SMILES string of the molecule is CN1CCN2c3c(cccc31)[C@@H]1CN(CCC=Cc3ccc(F)cc3)CC[C@@H]12.O=C(O)c1cccc2cc3ccccc3cc12. The minimum absolute atomic E-state index is 0.177. The van der Waals surface area contributed by atoms with Gasteiger partial charge in [0.1, 0.15) is 5.82 Å². The van der Waals surface area contributed by atoms with Crippen molar-refractivity contribution >= 4 is 45.0 Å². The van der Waals surface area contributed by atoms with Gasteiger partial charge in [-0.3, -0.25) is 0 Å². The number of carboxylic acids is 1. The predicted octanol–water partition coefficient (Wildman–Crippen LogP) is 8.05. The number of likely N-dealkylation sites (N-methyl/N-ethyl adjacent to an activating group) is 1. The van der Waals surface area contributed by atoms with Gasteiger partial charge >= 0.3 is 5.97 Å². The molecule has 5 aromatic rings. The molecule has 3 aliphatic heterocycles. The standard InChI is InChI=1S/C24H28FN3.C15H10O2/c1-26-15-16-28-22-12-14-27(13-3-2-5-18-8-10-19(25)11-9-18)17-21(22)20-6-4-7-23(26)24(20)28;16-15(17)13-7-3-6-12-8-10-4-1-2-5-11(10)9-14(12)13/h2,4-11,21-22H,3,12-17H2,1H3;1-9H,(H,16,17)/t21-,22-;/m0./s1. The molecule has 0 amide bonds. The first kappa shape index (κ1) is 29.1. The lowest BCUT2D eigenvalue weighted by molar-refractivity contribution is 0.0699. The van der Waals surface area contributed by atoms with Crippen molar-refractivity contribution in [3.8, 4) is 0 Å². The second kappa shape index (κ2) is 12.4. The molecule has 3 aliphatic rings. The fourth-order valence-corrected chi connectivity index (χ4v) is 7.38. The molecule has 228 valence electrons. The Labute approximate surface area is 263 Å². The number of carboxylic acid groups (broad SMARTS) is 1. The van der Waals surface area contributed by atoms with Crippen LogP contribution in [0.15, 0.2) is 103 Å². The highest BCUT2D eigenvalue weighted by Crippen LogP contribution is 2.50. The lowest BCUT2D eigenvalue weighted by Crippen LogP contribution is -2.49. The van der Waals surface area contributed by atoms with Crippen LogP contribution in [0.2, 0.25) is 0 Å². The van der Waals surface area contributed by atoms with Crippen molar-refractivity contribution in [1.29, 1.82) is 0 Å². The number of nitrogens with zero attached hydrogens (tertiary/aromatic N) is 3. The van der Waals surface area contributed by atoms with Crippen molar-refractivity contribution in [1.82, 2.24) is 4.90 Å². The summed E-state index contributed by atoms with van der Waals surface area (Å²) in [6.07, 6.45) is 6.61. The zero-order valence-electron chi connectivity index (χ0n) is 25.6. The van der Waals surface area contributed by atoms with Gasteiger partial charge in [0.25, 0.3) is 0 Å². The van der Waals surface area contributed by atoms with Crippen LogP contribution in [0.5, 0.6) is 0 Å². The maximum absolute atomic E-state index is 13.0. The Bertz CT molecular complexity index is 1890. The summed E-state index contributed by atoms with van der Waals surface area (Å²) in [5.74, 6) is -0.425. The third-order valence-electron chi connectivity index (χ3n) is 9.65. The van der Waals surface area contributed by atoms with Crippen molar-refractivity contribution in [3.05, 3.63) is 126 Å². The van der Waals surface area contributed by atoms with Crippen LogP contribution in [0.1, 0.15) is 40.2 Å². The number of halogens is 1. The van der Waals surface area contributed by atoms with Crippen LogP contribution < -0.4 is 9.80 Å². The van der Waals surface area contributed by atoms with Crippen LogP contribution in [-0.2, 0) is 0 Å². The summed E-state index contributed by atoms with van der Waals surface area (Å²) in [6, 6.07) is 31.5. The molecule has 0 saturated carbocycles. The van der Waals surface area contributed by atoms with Crippen LogP contribution >= 0.6 is 0 Å². The largest absolute Gasteiger partial charge is 0.478 e. The Hall–Kier alpha value is -4.68. The molecule has 1 saturated heterocycles. The number of benzene rings is 5. The lowest BCUT2D eigenvalue weighted by Gasteiger charge is -2.41. The van der Waals surface area contributed by atoms with E-state index >= 15 is 0 Å². The summed E-state index contributed by atoms with van der Waals surface area (Å²) in [4.78, 5) is 18.9. The average Bonchev–Trinajstić information content (AvgIpc) is 3.38. The van der Waals surface area contributed by atoms with Crippen molar-refractivity contribution < 1.29 is 14.3 Å². The van der Waals surface area contributed by atoms with Crippen molar-refractivity contribution in [2.24, 2.45) is 0 Å². The Morgan fingerprint density at radius 2 is 1.64 bits per heavy atom. The molecule has 0 bridgehead atoms. The fourth-order valence-electron chi connectivity index (χ4n) is 7.38. The minimum Gasteiger partial charge on any atom is -0.478 e. The summed E-state index contributed by atoms with van der Waals surface area (Å²) in [5.41, 5.74) is 5.89. The molecule has 5 aromatic carbocycles. The van der Waals surface area contributed by atoms with E-state index in [9.17, 15) is 9.18 Å². The first-order valence-corrected chi connectivity index (χ1v) is 15.9. The molecule has 8 rings (SSSR count). The highest BCUT2D eigenvalue weighted by molar-refractivity contribution is 6.08. The summed E-state index contributed by atoms with van der Waals surface area (Å²) in [7, 11) is 2.22. The Morgan fingerprint density at radius 1 is 0.889 bits per heavy atom. The molecule has 3 heterocycles. The van der Waals surface area contributed by atoms with Crippen LogP contribution in [0.25, 0.3) is 27.6 Å². The number of aromatic carboxylic acids is 1. The molecule has 2 atom stereocenters. The first-order chi connectivity index (χ1) is 22.0. The van der Waals surface area contributed by atoms with Crippen LogP contribution in [-0.4, -0.2) is 61.8 Å². The highest BCUT2D eigenvalue weighted by atomic mass is 19.1. The first-order valence-electron chi connectivity index (χ1n) is 15.9. The number of hydrogen-bond donors (Lipinski definition) is 1. The molecule has 5 nitrogen and oxygen atoms in total. The summed E-state index contributed by atoms with van der Waals surface area (Å²) < 4.78 is 13.0. The van der Waals surface area contributed by atoms with Gasteiger partial charge < -0.3 is 19.8 Å². The van der Waals surface area contributed by atoms with Gasteiger partial charge in [0.05, 0.1) is 16.9 Å². The monoisotopic (exact) mass is 599 g/mol. The van der Waals surface area contributed by atoms with E-state index in [0.29, 0.717) is 17.5 Å². The lowest BCUT2D eigenvalue weighted by atomic mass is 9.89. The molecule has 0 unspecified atom stereocenters. The summed E-state index contributed by atoms with van der Waals surface area (Å²) >= 11 is 0. The molecule has 0 radical (unpaired) electrons. The highest BCUT2D eigenvalue weighted by Gasteiger charge is 2.44. The quantitative estimate of drug-likeness (QED) is 0.207. The second-order valence-electron chi connectivity index (χ2n) is 12.4. The smallest absolute Gasteiger partial charge is 0.336 e. The predicted molar refractivity (Wildman–Crippen MR) is 183 cm³/mol. The van der Waals surface area contributed by atoms with Gasteiger partial charge in [-0.1, -0.05) is 72.8 Å². The maximum atomic E-state index is 13.0. The molecule has 0 spiro atoms. The van der Waals surface area contributed by atoms with Gasteiger partial charge in [-0.25, -0.2) is 9.18 Å². The van der Waals surface area contributed by atoms with E-state index in [-0.39, 0.29) is 5.82 Å². The number of fused-ring (bicyclic) bond motifs is 5. The van der Waals surface area contributed by atoms with Crippen LogP contribution in [0, 0.1) is 5.82 Å². The third-order valence-corrected chi connectivity index (χ3v) is 9.65. The van der Waals surface area contributed by atoms with Gasteiger partial charge in [-0.15, -0.1) is 0 Å². The second-order valence-corrected chi connectivity index (χ2v) is 12.4. The van der Waals surface area contributed by atoms with Crippen molar-refractivity contribution in [2.75, 3.05) is 49.6 Å². The van der Waals surface area contributed by atoms with Crippen LogP contribution in [0.4, 0.5) is 15.8 Å². The fraction of sp³-hybridized carbons (Fsp3) is 0.256. The molecule has 45 heavy (non-hydrogen) atoms. The molecule has 6 heteroatoms. The van der Waals surface area contributed by atoms with Gasteiger partial charge in [0.15, 0.2) is 0 Å². The number of para-hydroxylation sites is 1. The van der Waals surface area contributed by atoms with Gasteiger partial charge in [0.2, 0.25) is 0 Å². The molecular formula is C39H38FN3O2. The van der Waals surface area contributed by atoms with Crippen molar-refractivity contribution in [2.45, 2.75) is 24.8 Å². The summed E-state index contributed by atoms with van der Waals surface area (Å²) in [5, 5.41) is 13.1. The zero-order chi connectivity index (χ0) is 30.9. The van der Waals surface area contributed by atoms with E-state index in [4.69, 9.17) is 5.11 Å². The van der Waals surface area contributed by atoms with Gasteiger partial charge in [-0.2, -0.15) is 0 Å². The number of anilines is 2. The Kier molecular flexibility index (Phi) is 7.99. The number of likely N-dealkylation sites (tertiary alicyclic amines) is 1. The number of piperidine rings is 1. The van der Waals surface area contributed by atoms with Gasteiger partial charge in [-0.05, 0) is 81.9 Å². The van der Waals surface area contributed by atoms with E-state index in [1.807, 2.05) is 54.6 Å². The Morgan fingerprint density at radius 3 is 2.44 bits per heavy atom. The number of rotatable bonds is 5. The summed E-state index contributed by atoms with van der Waals surface area (Å²) in [6.45, 7) is 5.71. The van der Waals surface area contributed by atoms with Gasteiger partial charge in [0, 0.05) is 51.7 Å². The normalized spacial score (nSPS) is 19.0.